The minimum absolute atomic E-state index is 0.120. The molecule has 1 rings (SSSR count). The number of amides is 1. The fourth-order valence-corrected chi connectivity index (χ4v) is 1.30. The van der Waals surface area contributed by atoms with Crippen LogP contribution in [0.5, 0.6) is 5.75 Å². The van der Waals surface area contributed by atoms with Gasteiger partial charge in [-0.2, -0.15) is 0 Å². The summed E-state index contributed by atoms with van der Waals surface area (Å²) in [6.07, 6.45) is 4.37. The van der Waals surface area contributed by atoms with E-state index >= 15 is 0 Å². The summed E-state index contributed by atoms with van der Waals surface area (Å²) in [6.45, 7) is 1.70. The fourth-order valence-electron chi connectivity index (χ4n) is 1.30. The molecule has 90 valence electrons. The number of carbonyl (C=O) groups excluding carboxylic acids is 1. The highest BCUT2D eigenvalue weighted by Gasteiger charge is 2.09. The van der Waals surface area contributed by atoms with Gasteiger partial charge < -0.3 is 15.2 Å². The van der Waals surface area contributed by atoms with E-state index in [0.29, 0.717) is 11.3 Å². The van der Waals surface area contributed by atoms with Crippen molar-refractivity contribution in [3.63, 3.8) is 0 Å². The van der Waals surface area contributed by atoms with Crippen LogP contribution in [-0.4, -0.2) is 24.2 Å². The Labute approximate surface area is 101 Å². The lowest BCUT2D eigenvalue weighted by molar-refractivity contribution is -0.122. The quantitative estimate of drug-likeness (QED) is 0.742. The Bertz CT molecular complexity index is 421. The standard InChI is InChI=1S/C13H15NO3/c1-3-8-14-13(16)9-17-12-7-5-4-6-11(12)10(2)15/h1,4-7,10,15H,8-9H2,2H3,(H,14,16). The largest absolute Gasteiger partial charge is 0.483 e. The molecule has 1 unspecified atom stereocenters. The first-order chi connectivity index (χ1) is 8.15. The normalized spacial score (nSPS) is 11.4. The fraction of sp³-hybridized carbons (Fsp3) is 0.308. The highest BCUT2D eigenvalue weighted by molar-refractivity contribution is 5.77. The Kier molecular flexibility index (Phi) is 5.05. The van der Waals surface area contributed by atoms with Crippen LogP contribution in [0, 0.1) is 12.3 Å². The van der Waals surface area contributed by atoms with Crippen LogP contribution in [0.1, 0.15) is 18.6 Å². The van der Waals surface area contributed by atoms with E-state index in [-0.39, 0.29) is 19.1 Å². The molecule has 4 heteroatoms. The van der Waals surface area contributed by atoms with Crippen LogP contribution in [0.4, 0.5) is 0 Å². The van der Waals surface area contributed by atoms with E-state index < -0.39 is 6.10 Å². The predicted octanol–water partition coefficient (Wildman–Crippen LogP) is 0.868. The van der Waals surface area contributed by atoms with E-state index in [4.69, 9.17) is 11.2 Å². The van der Waals surface area contributed by atoms with Gasteiger partial charge in [0.05, 0.1) is 12.6 Å². The second-order valence-electron chi connectivity index (χ2n) is 3.48. The molecule has 4 nitrogen and oxygen atoms in total. The lowest BCUT2D eigenvalue weighted by Crippen LogP contribution is -2.29. The molecule has 0 heterocycles. The number of nitrogens with one attached hydrogen (secondary N) is 1. The van der Waals surface area contributed by atoms with Gasteiger partial charge in [-0.1, -0.05) is 24.1 Å². The number of aliphatic hydroxyl groups is 1. The molecule has 0 aliphatic rings. The van der Waals surface area contributed by atoms with Crippen LogP contribution in [0.25, 0.3) is 0 Å². The van der Waals surface area contributed by atoms with E-state index in [1.807, 2.05) is 0 Å². The van der Waals surface area contributed by atoms with Gasteiger partial charge in [0, 0.05) is 5.56 Å². The summed E-state index contributed by atoms with van der Waals surface area (Å²) >= 11 is 0. The van der Waals surface area contributed by atoms with E-state index in [1.54, 1.807) is 31.2 Å². The molecule has 0 saturated heterocycles. The van der Waals surface area contributed by atoms with Crippen molar-refractivity contribution >= 4 is 5.91 Å². The first kappa shape index (κ1) is 13.1. The van der Waals surface area contributed by atoms with Crippen LogP contribution in [0.2, 0.25) is 0 Å². The predicted molar refractivity (Wildman–Crippen MR) is 64.4 cm³/mol. The maximum Gasteiger partial charge on any atom is 0.258 e. The average Bonchev–Trinajstić information content (AvgIpc) is 2.34. The molecule has 0 aromatic heterocycles. The minimum atomic E-state index is -0.639. The summed E-state index contributed by atoms with van der Waals surface area (Å²) < 4.78 is 5.32. The number of carbonyl (C=O) groups is 1. The molecular weight excluding hydrogens is 218 g/mol. The Morgan fingerprint density at radius 3 is 2.94 bits per heavy atom. The zero-order valence-electron chi connectivity index (χ0n) is 9.64. The number of benzene rings is 1. The van der Waals surface area contributed by atoms with E-state index in [1.165, 1.54) is 0 Å². The van der Waals surface area contributed by atoms with Gasteiger partial charge in [-0.05, 0) is 13.0 Å². The molecule has 1 atom stereocenters. The monoisotopic (exact) mass is 233 g/mol. The zero-order chi connectivity index (χ0) is 12.7. The third-order valence-corrected chi connectivity index (χ3v) is 2.12. The Hall–Kier alpha value is -1.99. The Morgan fingerprint density at radius 2 is 2.29 bits per heavy atom. The third-order valence-electron chi connectivity index (χ3n) is 2.12. The van der Waals surface area contributed by atoms with Gasteiger partial charge in [-0.15, -0.1) is 6.42 Å². The topological polar surface area (TPSA) is 58.6 Å². The summed E-state index contributed by atoms with van der Waals surface area (Å²) in [5, 5.41) is 12.0. The molecule has 0 aliphatic heterocycles. The van der Waals surface area contributed by atoms with Crippen molar-refractivity contribution in [1.29, 1.82) is 0 Å². The number of para-hydroxylation sites is 1. The molecule has 0 fully saturated rings. The Balaban J connectivity index is 2.57. The highest BCUT2D eigenvalue weighted by atomic mass is 16.5. The number of terminal acetylenes is 1. The summed E-state index contributed by atoms with van der Waals surface area (Å²) in [5.41, 5.74) is 0.650. The van der Waals surface area contributed by atoms with Crippen molar-refractivity contribution in [2.24, 2.45) is 0 Å². The lowest BCUT2D eigenvalue weighted by atomic mass is 10.1. The van der Waals surface area contributed by atoms with Gasteiger partial charge in [0.1, 0.15) is 5.75 Å². The van der Waals surface area contributed by atoms with Crippen molar-refractivity contribution in [2.45, 2.75) is 13.0 Å². The van der Waals surface area contributed by atoms with Gasteiger partial charge >= 0.3 is 0 Å². The van der Waals surface area contributed by atoms with E-state index in [9.17, 15) is 9.90 Å². The maximum absolute atomic E-state index is 11.3. The average molecular weight is 233 g/mol. The van der Waals surface area contributed by atoms with Gasteiger partial charge in [0.2, 0.25) is 0 Å². The minimum Gasteiger partial charge on any atom is -0.483 e. The molecule has 0 saturated carbocycles. The second-order valence-corrected chi connectivity index (χ2v) is 3.48. The number of aliphatic hydroxyl groups excluding tert-OH is 1. The third kappa shape index (κ3) is 4.17. The van der Waals surface area contributed by atoms with Crippen molar-refractivity contribution in [3.8, 4) is 18.1 Å². The van der Waals surface area contributed by atoms with Crippen molar-refractivity contribution < 1.29 is 14.6 Å². The molecule has 0 bridgehead atoms. The number of ether oxygens (including phenoxy) is 1. The van der Waals surface area contributed by atoms with Gasteiger partial charge in [0.25, 0.3) is 5.91 Å². The van der Waals surface area contributed by atoms with Crippen LogP contribution >= 0.6 is 0 Å². The summed E-state index contributed by atoms with van der Waals surface area (Å²) in [6, 6.07) is 7.03. The first-order valence-electron chi connectivity index (χ1n) is 5.25. The smallest absolute Gasteiger partial charge is 0.258 e. The SMILES string of the molecule is C#CCNC(=O)COc1ccccc1C(C)O. The first-order valence-corrected chi connectivity index (χ1v) is 5.25. The molecule has 17 heavy (non-hydrogen) atoms. The molecule has 2 N–H and O–H groups in total. The Morgan fingerprint density at radius 1 is 1.59 bits per heavy atom. The van der Waals surface area contributed by atoms with Crippen molar-refractivity contribution in [1.82, 2.24) is 5.32 Å². The molecule has 1 aromatic rings. The summed E-state index contributed by atoms with van der Waals surface area (Å²) in [7, 11) is 0. The lowest BCUT2D eigenvalue weighted by Gasteiger charge is -2.12. The van der Waals surface area contributed by atoms with Crippen molar-refractivity contribution in [2.75, 3.05) is 13.2 Å². The molecule has 0 radical (unpaired) electrons. The molecule has 1 amide bonds. The van der Waals surface area contributed by atoms with E-state index in [0.717, 1.165) is 0 Å². The zero-order valence-corrected chi connectivity index (χ0v) is 9.64. The van der Waals surface area contributed by atoms with Crippen LogP contribution in [0.3, 0.4) is 0 Å². The molecule has 0 spiro atoms. The van der Waals surface area contributed by atoms with Crippen LogP contribution < -0.4 is 10.1 Å². The maximum atomic E-state index is 11.3. The van der Waals surface area contributed by atoms with Crippen LogP contribution in [0.15, 0.2) is 24.3 Å². The highest BCUT2D eigenvalue weighted by Crippen LogP contribution is 2.24. The summed E-state index contributed by atoms with van der Waals surface area (Å²) in [4.78, 5) is 11.3. The second kappa shape index (κ2) is 6.56. The molecular formula is C13H15NO3. The van der Waals surface area contributed by atoms with Crippen molar-refractivity contribution in [3.05, 3.63) is 29.8 Å². The van der Waals surface area contributed by atoms with Gasteiger partial charge in [0.15, 0.2) is 6.61 Å². The molecule has 0 aliphatic carbocycles. The molecule has 1 aromatic carbocycles. The van der Waals surface area contributed by atoms with Gasteiger partial charge in [-0.3, -0.25) is 4.79 Å². The number of rotatable bonds is 5. The number of hydrogen-bond donors (Lipinski definition) is 2. The van der Waals surface area contributed by atoms with E-state index in [2.05, 4.69) is 11.2 Å². The summed E-state index contributed by atoms with van der Waals surface area (Å²) in [5.74, 6) is 2.51. The van der Waals surface area contributed by atoms with Crippen LogP contribution in [-0.2, 0) is 4.79 Å². The number of hydrogen-bond acceptors (Lipinski definition) is 3. The van der Waals surface area contributed by atoms with Gasteiger partial charge in [-0.25, -0.2) is 0 Å².